The van der Waals surface area contributed by atoms with Gasteiger partial charge in [-0.05, 0) is 30.3 Å². The first-order valence-electron chi connectivity index (χ1n) is 8.65. The van der Waals surface area contributed by atoms with Crippen LogP contribution in [-0.4, -0.2) is 26.2 Å². The van der Waals surface area contributed by atoms with E-state index in [0.717, 1.165) is 28.2 Å². The zero-order valence-corrected chi connectivity index (χ0v) is 15.4. The van der Waals surface area contributed by atoms with Crippen molar-refractivity contribution in [3.63, 3.8) is 0 Å². The van der Waals surface area contributed by atoms with E-state index in [1.165, 1.54) is 4.90 Å². The smallest absolute Gasteiger partial charge is 0.225 e. The summed E-state index contributed by atoms with van der Waals surface area (Å²) in [7, 11) is 0. The number of carbonyl (C=O) groups is 1. The topological polar surface area (TPSA) is 59.8 Å². The molecule has 2 heterocycles. The van der Waals surface area contributed by atoms with Crippen LogP contribution < -0.4 is 5.32 Å². The van der Waals surface area contributed by atoms with Crippen LogP contribution in [0.15, 0.2) is 84.3 Å². The lowest BCUT2D eigenvalue weighted by Gasteiger charge is -2.10. The SMILES string of the molecule is O=C(CCSc1ccccc1)Nc1cccc2ccc(-n3ccnc3)nc12. The number of rotatable bonds is 6. The van der Waals surface area contributed by atoms with E-state index in [4.69, 9.17) is 4.98 Å². The highest BCUT2D eigenvalue weighted by molar-refractivity contribution is 7.99. The van der Waals surface area contributed by atoms with Crippen molar-refractivity contribution >= 4 is 34.3 Å². The summed E-state index contributed by atoms with van der Waals surface area (Å²) in [4.78, 5) is 22.3. The lowest BCUT2D eigenvalue weighted by molar-refractivity contribution is -0.115. The highest BCUT2D eigenvalue weighted by atomic mass is 32.2. The van der Waals surface area contributed by atoms with Crippen LogP contribution in [-0.2, 0) is 4.79 Å². The van der Waals surface area contributed by atoms with Crippen LogP contribution in [0.3, 0.4) is 0 Å². The molecule has 0 bridgehead atoms. The maximum atomic E-state index is 12.4. The molecule has 5 nitrogen and oxygen atoms in total. The number of amides is 1. The molecule has 0 atom stereocenters. The molecule has 0 saturated carbocycles. The number of nitrogens with zero attached hydrogens (tertiary/aromatic N) is 3. The summed E-state index contributed by atoms with van der Waals surface area (Å²) in [5.74, 6) is 1.48. The predicted molar refractivity (Wildman–Crippen MR) is 109 cm³/mol. The van der Waals surface area contributed by atoms with Gasteiger partial charge in [-0.1, -0.05) is 30.3 Å². The molecular formula is C21H18N4OS. The number of hydrogen-bond donors (Lipinski definition) is 1. The van der Waals surface area contributed by atoms with Crippen molar-refractivity contribution in [3.05, 3.63) is 79.4 Å². The number of nitrogens with one attached hydrogen (secondary N) is 1. The molecule has 2 aromatic heterocycles. The number of pyridine rings is 1. The number of carbonyl (C=O) groups excluding carboxylic acids is 1. The maximum Gasteiger partial charge on any atom is 0.225 e. The fourth-order valence-electron chi connectivity index (χ4n) is 2.77. The average Bonchev–Trinajstić information content (AvgIpc) is 3.24. The van der Waals surface area contributed by atoms with Crippen molar-refractivity contribution in [2.24, 2.45) is 0 Å². The Bertz CT molecular complexity index is 1050. The first kappa shape index (κ1) is 17.3. The molecule has 0 spiro atoms. The minimum atomic E-state index is -0.0132. The molecule has 0 aliphatic heterocycles. The molecule has 2 aromatic carbocycles. The van der Waals surface area contributed by atoms with Gasteiger partial charge in [0, 0.05) is 34.8 Å². The predicted octanol–water partition coefficient (Wildman–Crippen LogP) is 4.54. The number of imidazole rings is 1. The summed E-state index contributed by atoms with van der Waals surface area (Å²) in [6.07, 6.45) is 5.70. The Balaban J connectivity index is 1.47. The van der Waals surface area contributed by atoms with Gasteiger partial charge in [0.2, 0.25) is 5.91 Å². The third-order valence-corrected chi connectivity index (χ3v) is 5.10. The summed E-state index contributed by atoms with van der Waals surface area (Å²) in [5, 5.41) is 3.99. The number of thioether (sulfide) groups is 1. The number of benzene rings is 2. The van der Waals surface area contributed by atoms with Crippen LogP contribution in [0.2, 0.25) is 0 Å². The molecule has 0 radical (unpaired) electrons. The van der Waals surface area contributed by atoms with Crippen LogP contribution in [0.25, 0.3) is 16.7 Å². The fraction of sp³-hybridized carbons (Fsp3) is 0.0952. The zero-order chi connectivity index (χ0) is 18.5. The second-order valence-electron chi connectivity index (χ2n) is 5.98. The van der Waals surface area contributed by atoms with Crippen molar-refractivity contribution in [1.29, 1.82) is 0 Å². The molecule has 134 valence electrons. The molecule has 4 rings (SSSR count). The van der Waals surface area contributed by atoms with Crippen molar-refractivity contribution in [1.82, 2.24) is 14.5 Å². The Morgan fingerprint density at radius 1 is 1.04 bits per heavy atom. The zero-order valence-electron chi connectivity index (χ0n) is 14.6. The number of aromatic nitrogens is 3. The Morgan fingerprint density at radius 2 is 1.93 bits per heavy atom. The number of para-hydroxylation sites is 1. The third-order valence-electron chi connectivity index (χ3n) is 4.09. The summed E-state index contributed by atoms with van der Waals surface area (Å²) >= 11 is 1.68. The van der Waals surface area contributed by atoms with Gasteiger partial charge in [0.05, 0.1) is 11.2 Å². The van der Waals surface area contributed by atoms with Crippen molar-refractivity contribution in [2.75, 3.05) is 11.1 Å². The Hall–Kier alpha value is -3.12. The van der Waals surface area contributed by atoms with Gasteiger partial charge in [-0.15, -0.1) is 11.8 Å². The second kappa shape index (κ2) is 8.05. The van der Waals surface area contributed by atoms with Gasteiger partial charge in [-0.3, -0.25) is 9.36 Å². The molecule has 0 fully saturated rings. The van der Waals surface area contributed by atoms with Gasteiger partial charge in [0.15, 0.2) is 0 Å². The maximum absolute atomic E-state index is 12.4. The largest absolute Gasteiger partial charge is 0.324 e. The molecule has 1 N–H and O–H groups in total. The van der Waals surface area contributed by atoms with Gasteiger partial charge in [-0.2, -0.15) is 0 Å². The van der Waals surface area contributed by atoms with Crippen LogP contribution in [0.5, 0.6) is 0 Å². The first-order valence-corrected chi connectivity index (χ1v) is 9.64. The molecule has 0 aliphatic rings. The van der Waals surface area contributed by atoms with Gasteiger partial charge in [0.1, 0.15) is 12.1 Å². The molecule has 1 amide bonds. The van der Waals surface area contributed by atoms with Gasteiger partial charge >= 0.3 is 0 Å². The number of hydrogen-bond acceptors (Lipinski definition) is 4. The summed E-state index contributed by atoms with van der Waals surface area (Å²) < 4.78 is 1.84. The van der Waals surface area contributed by atoms with Crippen molar-refractivity contribution in [2.45, 2.75) is 11.3 Å². The fourth-order valence-corrected chi connectivity index (χ4v) is 3.64. The van der Waals surface area contributed by atoms with E-state index in [2.05, 4.69) is 22.4 Å². The second-order valence-corrected chi connectivity index (χ2v) is 7.14. The van der Waals surface area contributed by atoms with Gasteiger partial charge < -0.3 is 5.32 Å². The molecular weight excluding hydrogens is 356 g/mol. The summed E-state index contributed by atoms with van der Waals surface area (Å²) in [6, 6.07) is 19.8. The van der Waals surface area contributed by atoms with E-state index in [-0.39, 0.29) is 5.91 Å². The van der Waals surface area contributed by atoms with E-state index in [1.807, 2.05) is 59.3 Å². The highest BCUT2D eigenvalue weighted by Gasteiger charge is 2.09. The van der Waals surface area contributed by atoms with E-state index >= 15 is 0 Å². The van der Waals surface area contributed by atoms with E-state index in [9.17, 15) is 4.79 Å². The average molecular weight is 374 g/mol. The molecule has 0 aliphatic carbocycles. The lowest BCUT2D eigenvalue weighted by Crippen LogP contribution is -2.13. The molecule has 27 heavy (non-hydrogen) atoms. The van der Waals surface area contributed by atoms with E-state index < -0.39 is 0 Å². The van der Waals surface area contributed by atoms with Crippen molar-refractivity contribution < 1.29 is 4.79 Å². The minimum Gasteiger partial charge on any atom is -0.324 e. The minimum absolute atomic E-state index is 0.0132. The Kier molecular flexibility index (Phi) is 5.16. The number of fused-ring (bicyclic) bond motifs is 1. The highest BCUT2D eigenvalue weighted by Crippen LogP contribution is 2.24. The van der Waals surface area contributed by atoms with Crippen LogP contribution >= 0.6 is 11.8 Å². The molecule has 0 unspecified atom stereocenters. The molecule has 0 saturated heterocycles. The number of anilines is 1. The van der Waals surface area contributed by atoms with Crippen LogP contribution in [0.1, 0.15) is 6.42 Å². The monoisotopic (exact) mass is 374 g/mol. The lowest BCUT2D eigenvalue weighted by atomic mass is 10.2. The van der Waals surface area contributed by atoms with Gasteiger partial charge in [-0.25, -0.2) is 9.97 Å². The Morgan fingerprint density at radius 3 is 2.74 bits per heavy atom. The van der Waals surface area contributed by atoms with Crippen LogP contribution in [0, 0.1) is 0 Å². The first-order chi connectivity index (χ1) is 13.3. The Labute approximate surface area is 161 Å². The molecule has 6 heteroatoms. The standard InChI is InChI=1S/C21H18N4OS/c26-20(11-14-27-17-6-2-1-3-7-17)23-18-8-4-5-16-9-10-19(24-21(16)18)25-13-12-22-15-25/h1-10,12-13,15H,11,14H2,(H,23,26). The molecule has 4 aromatic rings. The van der Waals surface area contributed by atoms with E-state index in [0.29, 0.717) is 6.42 Å². The van der Waals surface area contributed by atoms with E-state index in [1.54, 1.807) is 24.3 Å². The summed E-state index contributed by atoms with van der Waals surface area (Å²) in [5.41, 5.74) is 1.50. The third kappa shape index (κ3) is 4.17. The quantitative estimate of drug-likeness (QED) is 0.503. The summed E-state index contributed by atoms with van der Waals surface area (Å²) in [6.45, 7) is 0. The van der Waals surface area contributed by atoms with Crippen LogP contribution in [0.4, 0.5) is 5.69 Å². The van der Waals surface area contributed by atoms with Crippen molar-refractivity contribution in [3.8, 4) is 5.82 Å². The normalized spacial score (nSPS) is 10.8. The van der Waals surface area contributed by atoms with Gasteiger partial charge in [0.25, 0.3) is 0 Å².